The van der Waals surface area contributed by atoms with Crippen molar-refractivity contribution in [3.8, 4) is 28.4 Å². The first-order valence-corrected chi connectivity index (χ1v) is 14.2. The second-order valence-electron chi connectivity index (χ2n) is 10.8. The summed E-state index contributed by atoms with van der Waals surface area (Å²) in [7, 11) is 3.53. The average molecular weight is 579 g/mol. The summed E-state index contributed by atoms with van der Waals surface area (Å²) in [6.07, 6.45) is -0.170. The first-order chi connectivity index (χ1) is 19.7. The Hall–Kier alpha value is -3.51. The van der Waals surface area contributed by atoms with Crippen LogP contribution in [0.3, 0.4) is 0 Å². The Labute approximate surface area is 243 Å². The normalized spacial score (nSPS) is 16.7. The molecular weight excluding hydrogens is 544 g/mol. The van der Waals surface area contributed by atoms with Crippen molar-refractivity contribution < 1.29 is 14.6 Å². The Morgan fingerprint density at radius 1 is 1.24 bits per heavy atom. The molecule has 0 aliphatic carbocycles. The highest BCUT2D eigenvalue weighted by atomic mass is 35.5. The molecule has 12 heteroatoms. The van der Waals surface area contributed by atoms with E-state index in [1.54, 1.807) is 11.8 Å². The number of aliphatic hydroxyl groups is 1. The largest absolute Gasteiger partial charge is 0.473 e. The summed E-state index contributed by atoms with van der Waals surface area (Å²) < 4.78 is 15.8. The third kappa shape index (κ3) is 4.66. The molecule has 6 rings (SSSR count). The lowest BCUT2D eigenvalue weighted by Crippen LogP contribution is -2.35. The average Bonchev–Trinajstić information content (AvgIpc) is 3.62. The monoisotopic (exact) mass is 578 g/mol. The van der Waals surface area contributed by atoms with Crippen LogP contribution in [0.5, 0.6) is 5.88 Å². The maximum atomic E-state index is 10.1. The number of fused-ring (bicyclic) bond motifs is 5. The van der Waals surface area contributed by atoms with Gasteiger partial charge in [-0.25, -0.2) is 4.68 Å². The van der Waals surface area contributed by atoms with Crippen LogP contribution in [0.4, 0.5) is 0 Å². The number of aryl methyl sites for hydroxylation is 2. The fourth-order valence-electron chi connectivity index (χ4n) is 5.77. The minimum absolute atomic E-state index is 0.0385. The number of benzene rings is 1. The summed E-state index contributed by atoms with van der Waals surface area (Å²) in [5.41, 5.74) is 7.27. The lowest BCUT2D eigenvalue weighted by atomic mass is 10.0. The van der Waals surface area contributed by atoms with Gasteiger partial charge in [0, 0.05) is 43.6 Å². The van der Waals surface area contributed by atoms with E-state index in [-0.39, 0.29) is 18.8 Å². The zero-order chi connectivity index (χ0) is 29.0. The van der Waals surface area contributed by atoms with Gasteiger partial charge in [-0.3, -0.25) is 19.7 Å². The molecule has 4 aromatic heterocycles. The minimum Gasteiger partial charge on any atom is -0.473 e. The van der Waals surface area contributed by atoms with Crippen LogP contribution < -0.4 is 4.74 Å². The van der Waals surface area contributed by atoms with Crippen LogP contribution in [0.15, 0.2) is 18.2 Å². The van der Waals surface area contributed by atoms with Gasteiger partial charge in [-0.15, -0.1) is 0 Å². The predicted molar refractivity (Wildman–Crippen MR) is 158 cm³/mol. The number of halogens is 1. The Morgan fingerprint density at radius 2 is 2.05 bits per heavy atom. The van der Waals surface area contributed by atoms with Gasteiger partial charge in [0.2, 0.25) is 5.88 Å². The molecular formula is C29H35ClN8O3. The number of methoxy groups -OCH3 is 1. The molecule has 11 nitrogen and oxygen atoms in total. The second-order valence-corrected chi connectivity index (χ2v) is 11.2. The number of ether oxygens (including phenoxy) is 2. The number of hydrogen-bond donors (Lipinski definition) is 2. The summed E-state index contributed by atoms with van der Waals surface area (Å²) >= 11 is 6.90. The summed E-state index contributed by atoms with van der Waals surface area (Å²) in [6.45, 7) is 10.4. The van der Waals surface area contributed by atoms with Gasteiger partial charge >= 0.3 is 0 Å². The first-order valence-electron chi connectivity index (χ1n) is 13.9. The summed E-state index contributed by atoms with van der Waals surface area (Å²) in [6, 6.07) is 5.83. The van der Waals surface area contributed by atoms with E-state index < -0.39 is 0 Å². The van der Waals surface area contributed by atoms with Crippen LogP contribution in [0.25, 0.3) is 44.3 Å². The van der Waals surface area contributed by atoms with E-state index in [1.807, 2.05) is 37.7 Å². The fourth-order valence-corrected chi connectivity index (χ4v) is 6.03. The standard InChI is InChI=1S/C29H35ClN8O3/c1-7-37-11-16(3)41-29-25(23(14-40-6)34-36(29)5)22-10-20-26(17(4)31-22)32-33-27(20)18-8-19-24(12-37)38(15(2)13-39)35-28(19)21(30)9-18/h8-10,15-16,39H,7,11-14H2,1-6H3,(H,32,33)/t15-,16-/m0/s1. The number of nitrogens with one attached hydrogen (secondary N) is 1. The SMILES string of the molecule is CCN1Cc2c3cc(cc(Cl)c3nn2[C@@H](C)CO)-c2n[nH]c3c(C)nc(cc23)-c2c(COC)nn(C)c2O[C@@H](C)C1. The molecule has 2 N–H and O–H groups in total. The van der Waals surface area contributed by atoms with Crippen LogP contribution in [-0.4, -0.2) is 77.7 Å². The van der Waals surface area contributed by atoms with Gasteiger partial charge < -0.3 is 14.6 Å². The lowest BCUT2D eigenvalue weighted by molar-refractivity contribution is 0.133. The summed E-state index contributed by atoms with van der Waals surface area (Å²) in [5.74, 6) is 0.636. The van der Waals surface area contributed by atoms with Crippen molar-refractivity contribution in [3.63, 3.8) is 0 Å². The molecule has 0 saturated carbocycles. The van der Waals surface area contributed by atoms with E-state index in [4.69, 9.17) is 41.4 Å². The molecule has 1 aromatic carbocycles. The number of aromatic nitrogens is 7. The Bertz CT molecular complexity index is 1760. The summed E-state index contributed by atoms with van der Waals surface area (Å²) in [5, 5.41) is 30.0. The molecule has 5 aromatic rings. The predicted octanol–water partition coefficient (Wildman–Crippen LogP) is 4.64. The highest BCUT2D eigenvalue weighted by Crippen LogP contribution is 2.39. The Kier molecular flexibility index (Phi) is 7.23. The molecule has 0 fully saturated rings. The van der Waals surface area contributed by atoms with Gasteiger partial charge in [-0.2, -0.15) is 15.3 Å². The van der Waals surface area contributed by atoms with Gasteiger partial charge in [-0.1, -0.05) is 18.5 Å². The minimum atomic E-state index is -0.218. The molecule has 216 valence electrons. The van der Waals surface area contributed by atoms with E-state index in [0.29, 0.717) is 36.1 Å². The van der Waals surface area contributed by atoms with Crippen LogP contribution in [-0.2, 0) is 24.9 Å². The highest BCUT2D eigenvalue weighted by Gasteiger charge is 2.27. The van der Waals surface area contributed by atoms with Crippen molar-refractivity contribution in [3.05, 3.63) is 40.3 Å². The first kappa shape index (κ1) is 27.6. The molecule has 41 heavy (non-hydrogen) atoms. The number of pyridine rings is 1. The van der Waals surface area contributed by atoms with E-state index in [0.717, 1.165) is 62.4 Å². The maximum absolute atomic E-state index is 10.1. The maximum Gasteiger partial charge on any atom is 0.221 e. The molecule has 2 atom stereocenters. The smallest absolute Gasteiger partial charge is 0.221 e. The molecule has 1 aliphatic heterocycles. The molecule has 5 heterocycles. The van der Waals surface area contributed by atoms with E-state index in [2.05, 4.69) is 29.9 Å². The Balaban J connectivity index is 1.67. The van der Waals surface area contributed by atoms with Crippen LogP contribution in [0, 0.1) is 6.92 Å². The zero-order valence-electron chi connectivity index (χ0n) is 24.2. The van der Waals surface area contributed by atoms with Crippen molar-refractivity contribution in [2.24, 2.45) is 7.05 Å². The van der Waals surface area contributed by atoms with Crippen LogP contribution in [0.1, 0.15) is 43.9 Å². The van der Waals surface area contributed by atoms with Gasteiger partial charge in [-0.05, 0) is 45.5 Å². The van der Waals surface area contributed by atoms with Crippen LogP contribution >= 0.6 is 11.6 Å². The highest BCUT2D eigenvalue weighted by molar-refractivity contribution is 6.35. The number of aliphatic hydroxyl groups excluding tert-OH is 1. The van der Waals surface area contributed by atoms with Gasteiger partial charge in [0.1, 0.15) is 23.0 Å². The third-order valence-electron chi connectivity index (χ3n) is 7.80. The number of hydrogen-bond acceptors (Lipinski definition) is 8. The molecule has 0 spiro atoms. The number of nitrogens with zero attached hydrogens (tertiary/aromatic N) is 7. The fraction of sp³-hybridized carbons (Fsp3) is 0.448. The molecule has 0 amide bonds. The van der Waals surface area contributed by atoms with Crippen molar-refractivity contribution >= 4 is 33.4 Å². The number of likely N-dealkylation sites (N-methyl/N-ethyl adjacent to an activating group) is 1. The molecule has 0 radical (unpaired) electrons. The molecule has 1 aliphatic rings. The Morgan fingerprint density at radius 3 is 2.78 bits per heavy atom. The number of aromatic amines is 1. The lowest BCUT2D eigenvalue weighted by Gasteiger charge is -2.26. The van der Waals surface area contributed by atoms with Crippen molar-refractivity contribution in [2.45, 2.75) is 53.0 Å². The van der Waals surface area contributed by atoms with Crippen molar-refractivity contribution in [2.75, 3.05) is 26.8 Å². The van der Waals surface area contributed by atoms with Crippen LogP contribution in [0.2, 0.25) is 5.02 Å². The quantitative estimate of drug-likeness (QED) is 0.310. The second kappa shape index (κ2) is 10.7. The number of rotatable bonds is 5. The van der Waals surface area contributed by atoms with Gasteiger partial charge in [0.05, 0.1) is 52.4 Å². The third-order valence-corrected chi connectivity index (χ3v) is 8.09. The molecule has 4 bridgehead atoms. The van der Waals surface area contributed by atoms with Crippen molar-refractivity contribution in [1.29, 1.82) is 0 Å². The van der Waals surface area contributed by atoms with E-state index in [9.17, 15) is 5.11 Å². The summed E-state index contributed by atoms with van der Waals surface area (Å²) in [4.78, 5) is 7.26. The molecule has 0 unspecified atom stereocenters. The van der Waals surface area contributed by atoms with E-state index in [1.165, 1.54) is 0 Å². The van der Waals surface area contributed by atoms with E-state index >= 15 is 0 Å². The zero-order valence-corrected chi connectivity index (χ0v) is 25.0. The van der Waals surface area contributed by atoms with Crippen molar-refractivity contribution in [1.82, 2.24) is 39.6 Å². The topological polar surface area (TPSA) is 119 Å². The molecule has 0 saturated heterocycles. The van der Waals surface area contributed by atoms with Gasteiger partial charge in [0.25, 0.3) is 0 Å². The van der Waals surface area contributed by atoms with Gasteiger partial charge in [0.15, 0.2) is 0 Å². The number of H-pyrrole nitrogens is 1.